The number of rotatable bonds is 4. The van der Waals surface area contributed by atoms with E-state index < -0.39 is 5.60 Å². The van der Waals surface area contributed by atoms with Gasteiger partial charge in [-0.05, 0) is 75.7 Å². The summed E-state index contributed by atoms with van der Waals surface area (Å²) in [5.74, 6) is 2.88. The van der Waals surface area contributed by atoms with E-state index in [1.165, 1.54) is 43.5 Å². The number of likely N-dealkylation sites (tertiary alicyclic amines) is 1. The number of hydrogen-bond donors (Lipinski definition) is 2. The second-order valence-corrected chi connectivity index (χ2v) is 10.4. The molecule has 0 amide bonds. The highest BCUT2D eigenvalue weighted by Crippen LogP contribution is 2.61. The van der Waals surface area contributed by atoms with Gasteiger partial charge in [-0.15, -0.1) is 11.3 Å². The van der Waals surface area contributed by atoms with E-state index in [4.69, 9.17) is 4.98 Å². The van der Waals surface area contributed by atoms with Crippen molar-refractivity contribution in [2.45, 2.75) is 68.9 Å². The Hall–Kier alpha value is -0.490. The van der Waals surface area contributed by atoms with Gasteiger partial charge in [-0.25, -0.2) is 4.98 Å². The van der Waals surface area contributed by atoms with Crippen molar-refractivity contribution in [2.75, 3.05) is 19.7 Å². The van der Waals surface area contributed by atoms with Gasteiger partial charge in [-0.3, -0.25) is 4.90 Å². The Morgan fingerprint density at radius 3 is 2.48 bits per heavy atom. The molecule has 138 valence electrons. The van der Waals surface area contributed by atoms with E-state index in [-0.39, 0.29) is 6.61 Å². The fraction of sp³-hybridized carbons (Fsp3) is 0.850. The molecule has 25 heavy (non-hydrogen) atoms. The van der Waals surface area contributed by atoms with Gasteiger partial charge in [0.1, 0.15) is 5.60 Å². The summed E-state index contributed by atoms with van der Waals surface area (Å²) in [6.45, 7) is 2.23. The van der Waals surface area contributed by atoms with E-state index >= 15 is 0 Å². The second kappa shape index (κ2) is 6.01. The molecule has 1 aromatic heterocycles. The Morgan fingerprint density at radius 2 is 1.84 bits per heavy atom. The quantitative estimate of drug-likeness (QED) is 0.865. The average Bonchev–Trinajstić information content (AvgIpc) is 3.03. The molecule has 4 aliphatic carbocycles. The third-order valence-electron chi connectivity index (χ3n) is 7.36. The lowest BCUT2D eigenvalue weighted by Gasteiger charge is -2.56. The Labute approximate surface area is 154 Å². The number of aliphatic hydroxyl groups is 2. The van der Waals surface area contributed by atoms with Crippen molar-refractivity contribution in [3.63, 3.8) is 0 Å². The number of thiazole rings is 1. The van der Waals surface area contributed by atoms with E-state index in [9.17, 15) is 10.2 Å². The SMILES string of the molecule is OCC1(O)CCCN(Cc2csc(C34CC5CC(CC(C5)C3)C4)n2)C1. The molecule has 1 aromatic rings. The zero-order valence-corrected chi connectivity index (χ0v) is 15.8. The number of hydrogen-bond acceptors (Lipinski definition) is 5. The molecule has 0 aromatic carbocycles. The van der Waals surface area contributed by atoms with Crippen LogP contribution in [0.5, 0.6) is 0 Å². The van der Waals surface area contributed by atoms with Crippen molar-refractivity contribution in [2.24, 2.45) is 17.8 Å². The molecule has 5 heteroatoms. The van der Waals surface area contributed by atoms with Crippen molar-refractivity contribution in [1.82, 2.24) is 9.88 Å². The van der Waals surface area contributed by atoms with Gasteiger partial charge in [0, 0.05) is 23.9 Å². The maximum atomic E-state index is 10.4. The summed E-state index contributed by atoms with van der Waals surface area (Å²) in [6, 6.07) is 0. The van der Waals surface area contributed by atoms with Crippen LogP contribution in [0.1, 0.15) is 62.1 Å². The number of aromatic nitrogens is 1. The molecular formula is C20H30N2O2S. The molecule has 1 unspecified atom stereocenters. The van der Waals surface area contributed by atoms with Gasteiger partial charge in [0.05, 0.1) is 17.3 Å². The Bertz CT molecular complexity index is 610. The molecule has 6 rings (SSSR count). The molecule has 4 bridgehead atoms. The van der Waals surface area contributed by atoms with E-state index in [1.54, 1.807) is 0 Å². The van der Waals surface area contributed by atoms with Crippen LogP contribution in [0.15, 0.2) is 5.38 Å². The number of aliphatic hydroxyl groups excluding tert-OH is 1. The van der Waals surface area contributed by atoms with Gasteiger partial charge in [0.15, 0.2) is 0 Å². The molecule has 1 atom stereocenters. The van der Waals surface area contributed by atoms with Crippen LogP contribution in [0, 0.1) is 17.8 Å². The Kier molecular flexibility index (Phi) is 4.01. The number of β-amino-alcohol motifs (C(OH)–C–C–N with tert-alkyl or cyclic N) is 1. The van der Waals surface area contributed by atoms with E-state index in [1.807, 2.05) is 11.3 Å². The Morgan fingerprint density at radius 1 is 1.16 bits per heavy atom. The third kappa shape index (κ3) is 2.97. The molecule has 5 fully saturated rings. The maximum Gasteiger partial charge on any atom is 0.100 e. The van der Waals surface area contributed by atoms with Crippen LogP contribution in [-0.2, 0) is 12.0 Å². The van der Waals surface area contributed by atoms with Gasteiger partial charge >= 0.3 is 0 Å². The lowest BCUT2D eigenvalue weighted by Crippen LogP contribution is -2.50. The smallest absolute Gasteiger partial charge is 0.100 e. The van der Waals surface area contributed by atoms with Gasteiger partial charge in [-0.2, -0.15) is 0 Å². The summed E-state index contributed by atoms with van der Waals surface area (Å²) in [5, 5.41) is 23.5. The Balaban J connectivity index is 1.31. The van der Waals surface area contributed by atoms with Crippen molar-refractivity contribution in [3.8, 4) is 0 Å². The van der Waals surface area contributed by atoms with Crippen LogP contribution < -0.4 is 0 Å². The highest BCUT2D eigenvalue weighted by molar-refractivity contribution is 7.09. The standard InChI is InChI=1S/C20H30N2O2S/c23-13-20(24)2-1-3-22(12-20)10-17-11-25-18(21-17)19-7-14-4-15(8-19)6-16(5-14)9-19/h11,14-16,23-24H,1-10,12-13H2. The minimum absolute atomic E-state index is 0.140. The lowest BCUT2D eigenvalue weighted by atomic mass is 9.50. The predicted molar refractivity (Wildman–Crippen MR) is 98.5 cm³/mol. The van der Waals surface area contributed by atoms with Crippen LogP contribution in [-0.4, -0.2) is 45.4 Å². The summed E-state index contributed by atoms with van der Waals surface area (Å²) < 4.78 is 0. The first kappa shape index (κ1) is 16.7. The third-order valence-corrected chi connectivity index (χ3v) is 8.50. The highest BCUT2D eigenvalue weighted by atomic mass is 32.1. The van der Waals surface area contributed by atoms with E-state index in [0.29, 0.717) is 18.4 Å². The summed E-state index contributed by atoms with van der Waals surface area (Å²) >= 11 is 1.88. The van der Waals surface area contributed by atoms with Gasteiger partial charge < -0.3 is 10.2 Å². The van der Waals surface area contributed by atoms with Crippen molar-refractivity contribution < 1.29 is 10.2 Å². The molecule has 2 N–H and O–H groups in total. The second-order valence-electron chi connectivity index (χ2n) is 9.54. The first-order chi connectivity index (χ1) is 12.1. The maximum absolute atomic E-state index is 10.4. The molecule has 4 nitrogen and oxygen atoms in total. The van der Waals surface area contributed by atoms with Crippen molar-refractivity contribution in [3.05, 3.63) is 16.1 Å². The lowest BCUT2D eigenvalue weighted by molar-refractivity contribution is -0.0689. The molecule has 1 saturated heterocycles. The molecule has 4 saturated carbocycles. The van der Waals surface area contributed by atoms with Gasteiger partial charge in [0.2, 0.25) is 0 Å². The van der Waals surface area contributed by atoms with Crippen LogP contribution in [0.25, 0.3) is 0 Å². The van der Waals surface area contributed by atoms with Crippen molar-refractivity contribution in [1.29, 1.82) is 0 Å². The fourth-order valence-corrected chi connectivity index (χ4v) is 7.74. The molecule has 2 heterocycles. The molecular weight excluding hydrogens is 332 g/mol. The zero-order valence-electron chi connectivity index (χ0n) is 15.0. The largest absolute Gasteiger partial charge is 0.393 e. The summed E-state index contributed by atoms with van der Waals surface area (Å²) in [4.78, 5) is 7.36. The first-order valence-electron chi connectivity index (χ1n) is 10.1. The highest BCUT2D eigenvalue weighted by Gasteiger charge is 2.52. The number of piperidine rings is 1. The molecule has 1 aliphatic heterocycles. The molecule has 5 aliphatic rings. The summed E-state index contributed by atoms with van der Waals surface area (Å²) in [5.41, 5.74) is 0.639. The summed E-state index contributed by atoms with van der Waals surface area (Å²) in [6.07, 6.45) is 10.2. The van der Waals surface area contributed by atoms with Crippen LogP contribution in [0.3, 0.4) is 0 Å². The summed E-state index contributed by atoms with van der Waals surface area (Å²) in [7, 11) is 0. The van der Waals surface area contributed by atoms with E-state index in [2.05, 4.69) is 10.3 Å². The fourth-order valence-electron chi connectivity index (χ4n) is 6.69. The van der Waals surface area contributed by atoms with E-state index in [0.717, 1.165) is 43.0 Å². The number of nitrogens with zero attached hydrogens (tertiary/aromatic N) is 2. The van der Waals surface area contributed by atoms with Crippen LogP contribution in [0.2, 0.25) is 0 Å². The zero-order chi connectivity index (χ0) is 17.1. The normalized spacial score (nSPS) is 43.7. The van der Waals surface area contributed by atoms with Gasteiger partial charge in [-0.1, -0.05) is 0 Å². The van der Waals surface area contributed by atoms with Crippen LogP contribution in [0.4, 0.5) is 0 Å². The predicted octanol–water partition coefficient (Wildman–Crippen LogP) is 2.93. The van der Waals surface area contributed by atoms with Crippen LogP contribution >= 0.6 is 11.3 Å². The monoisotopic (exact) mass is 362 g/mol. The molecule has 0 radical (unpaired) electrons. The first-order valence-corrected chi connectivity index (χ1v) is 10.9. The minimum atomic E-state index is -0.920. The van der Waals surface area contributed by atoms with Crippen molar-refractivity contribution >= 4 is 11.3 Å². The average molecular weight is 363 g/mol. The topological polar surface area (TPSA) is 56.6 Å². The molecule has 0 spiro atoms. The minimum Gasteiger partial charge on any atom is -0.393 e. The van der Waals surface area contributed by atoms with Gasteiger partial charge in [0.25, 0.3) is 0 Å².